The standard InChI is InChI=1S/C14H26N2O5/c1-10(2)5-15(7-12(18)19)13(20)16-6-11(8-17)21-14(3,4)9-16/h10-11,17H,5-9H2,1-4H3,(H,18,19). The van der Waals surface area contributed by atoms with Gasteiger partial charge in [-0.25, -0.2) is 4.79 Å². The van der Waals surface area contributed by atoms with Crippen LogP contribution in [0.25, 0.3) is 0 Å². The first-order valence-corrected chi connectivity index (χ1v) is 7.19. The average Bonchev–Trinajstić information content (AvgIpc) is 2.33. The third kappa shape index (κ3) is 5.51. The third-order valence-corrected chi connectivity index (χ3v) is 3.14. The Morgan fingerprint density at radius 1 is 1.43 bits per heavy atom. The highest BCUT2D eigenvalue weighted by Crippen LogP contribution is 2.22. The van der Waals surface area contributed by atoms with Crippen molar-refractivity contribution in [2.75, 3.05) is 32.8 Å². The van der Waals surface area contributed by atoms with E-state index in [0.29, 0.717) is 13.1 Å². The van der Waals surface area contributed by atoms with Crippen LogP contribution >= 0.6 is 0 Å². The van der Waals surface area contributed by atoms with Gasteiger partial charge in [0.05, 0.1) is 31.4 Å². The fourth-order valence-corrected chi connectivity index (χ4v) is 2.55. The molecule has 1 unspecified atom stereocenters. The molecule has 122 valence electrons. The highest BCUT2D eigenvalue weighted by molar-refractivity contribution is 5.80. The number of carbonyl (C=O) groups excluding carboxylic acids is 1. The number of morpholine rings is 1. The molecule has 0 aromatic rings. The first kappa shape index (κ1) is 17.7. The van der Waals surface area contributed by atoms with Gasteiger partial charge < -0.3 is 24.7 Å². The number of aliphatic hydroxyl groups is 1. The first-order chi connectivity index (χ1) is 9.64. The molecule has 1 aliphatic heterocycles. The lowest BCUT2D eigenvalue weighted by Crippen LogP contribution is -2.59. The second-order valence-corrected chi connectivity index (χ2v) is 6.51. The van der Waals surface area contributed by atoms with Gasteiger partial charge in [0, 0.05) is 6.54 Å². The van der Waals surface area contributed by atoms with Crippen LogP contribution in [0.2, 0.25) is 0 Å². The Labute approximate surface area is 125 Å². The number of carbonyl (C=O) groups is 2. The van der Waals surface area contributed by atoms with Crippen molar-refractivity contribution in [1.29, 1.82) is 0 Å². The lowest BCUT2D eigenvalue weighted by molar-refractivity contribution is -0.143. The molecule has 1 fully saturated rings. The predicted octanol–water partition coefficient (Wildman–Crippen LogP) is 0.621. The quantitative estimate of drug-likeness (QED) is 0.777. The van der Waals surface area contributed by atoms with Gasteiger partial charge in [0.1, 0.15) is 6.54 Å². The van der Waals surface area contributed by atoms with E-state index in [1.165, 1.54) is 4.90 Å². The van der Waals surface area contributed by atoms with Crippen molar-refractivity contribution >= 4 is 12.0 Å². The van der Waals surface area contributed by atoms with E-state index in [1.54, 1.807) is 4.90 Å². The summed E-state index contributed by atoms with van der Waals surface area (Å²) in [5, 5.41) is 18.2. The molecule has 0 aromatic carbocycles. The van der Waals surface area contributed by atoms with Gasteiger partial charge in [-0.05, 0) is 19.8 Å². The van der Waals surface area contributed by atoms with Crippen molar-refractivity contribution in [3.05, 3.63) is 0 Å². The summed E-state index contributed by atoms with van der Waals surface area (Å²) < 4.78 is 5.67. The van der Waals surface area contributed by atoms with Crippen LogP contribution in [0.5, 0.6) is 0 Å². The fourth-order valence-electron chi connectivity index (χ4n) is 2.55. The highest BCUT2D eigenvalue weighted by Gasteiger charge is 2.37. The number of carboxylic acids is 1. The zero-order valence-electron chi connectivity index (χ0n) is 13.2. The summed E-state index contributed by atoms with van der Waals surface area (Å²) in [6.07, 6.45) is -0.441. The van der Waals surface area contributed by atoms with E-state index in [-0.39, 0.29) is 31.6 Å². The molecule has 1 saturated heterocycles. The smallest absolute Gasteiger partial charge is 0.323 e. The van der Waals surface area contributed by atoms with E-state index >= 15 is 0 Å². The molecule has 7 heteroatoms. The van der Waals surface area contributed by atoms with Crippen LogP contribution in [0.15, 0.2) is 0 Å². The molecule has 2 amide bonds. The third-order valence-electron chi connectivity index (χ3n) is 3.14. The number of ether oxygens (including phenoxy) is 1. The molecular weight excluding hydrogens is 276 g/mol. The van der Waals surface area contributed by atoms with Crippen LogP contribution in [-0.2, 0) is 9.53 Å². The maximum absolute atomic E-state index is 12.6. The van der Waals surface area contributed by atoms with Gasteiger partial charge >= 0.3 is 12.0 Å². The molecule has 1 heterocycles. The Balaban J connectivity index is 2.83. The topological polar surface area (TPSA) is 90.3 Å². The van der Waals surface area contributed by atoms with E-state index in [2.05, 4.69) is 0 Å². The van der Waals surface area contributed by atoms with Crippen LogP contribution in [0.3, 0.4) is 0 Å². The molecule has 1 aliphatic rings. The minimum atomic E-state index is -1.03. The molecule has 21 heavy (non-hydrogen) atoms. The SMILES string of the molecule is CC(C)CN(CC(=O)O)C(=O)N1CC(CO)OC(C)(C)C1. The zero-order valence-corrected chi connectivity index (χ0v) is 13.2. The van der Waals surface area contributed by atoms with Crippen molar-refractivity contribution in [1.82, 2.24) is 9.80 Å². The molecule has 0 saturated carbocycles. The van der Waals surface area contributed by atoms with Crippen molar-refractivity contribution in [2.45, 2.75) is 39.4 Å². The number of urea groups is 1. The van der Waals surface area contributed by atoms with Crippen LogP contribution in [-0.4, -0.2) is 76.5 Å². The van der Waals surface area contributed by atoms with Crippen molar-refractivity contribution in [3.63, 3.8) is 0 Å². The van der Waals surface area contributed by atoms with E-state index in [4.69, 9.17) is 9.84 Å². The van der Waals surface area contributed by atoms with Crippen LogP contribution in [0.1, 0.15) is 27.7 Å². The highest BCUT2D eigenvalue weighted by atomic mass is 16.5. The molecule has 0 aromatic heterocycles. The molecule has 7 nitrogen and oxygen atoms in total. The van der Waals surface area contributed by atoms with Gasteiger partial charge in [-0.15, -0.1) is 0 Å². The molecule has 1 atom stereocenters. The van der Waals surface area contributed by atoms with E-state index in [0.717, 1.165) is 0 Å². The summed E-state index contributed by atoms with van der Waals surface area (Å²) in [6, 6.07) is -0.319. The Hall–Kier alpha value is -1.34. The number of nitrogens with zero attached hydrogens (tertiary/aromatic N) is 2. The minimum absolute atomic E-state index is 0.170. The Morgan fingerprint density at radius 3 is 2.52 bits per heavy atom. The summed E-state index contributed by atoms with van der Waals surface area (Å²) in [5.74, 6) is -0.855. The average molecular weight is 302 g/mol. The Morgan fingerprint density at radius 2 is 2.05 bits per heavy atom. The zero-order chi connectivity index (χ0) is 16.2. The number of aliphatic carboxylic acids is 1. The number of amides is 2. The number of rotatable bonds is 5. The molecular formula is C14H26N2O5. The van der Waals surface area contributed by atoms with Crippen LogP contribution in [0.4, 0.5) is 4.79 Å². The molecule has 2 N–H and O–H groups in total. The molecule has 0 radical (unpaired) electrons. The second-order valence-electron chi connectivity index (χ2n) is 6.51. The molecule has 0 bridgehead atoms. The second kappa shape index (κ2) is 7.09. The van der Waals surface area contributed by atoms with Crippen molar-refractivity contribution < 1.29 is 24.5 Å². The number of carboxylic acid groups (broad SMARTS) is 1. The summed E-state index contributed by atoms with van der Waals surface area (Å²) in [7, 11) is 0. The molecule has 0 spiro atoms. The maximum Gasteiger partial charge on any atom is 0.323 e. The number of hydrogen-bond acceptors (Lipinski definition) is 4. The van der Waals surface area contributed by atoms with Crippen LogP contribution < -0.4 is 0 Å². The normalized spacial score (nSPS) is 21.4. The Kier molecular flexibility index (Phi) is 5.98. The first-order valence-electron chi connectivity index (χ1n) is 7.19. The van der Waals surface area contributed by atoms with Gasteiger partial charge in [0.15, 0.2) is 0 Å². The van der Waals surface area contributed by atoms with Gasteiger partial charge in [-0.1, -0.05) is 13.8 Å². The summed E-state index contributed by atoms with van der Waals surface area (Å²) in [6.45, 7) is 8.09. The molecule has 1 rings (SSSR count). The van der Waals surface area contributed by atoms with Gasteiger partial charge in [0.2, 0.25) is 0 Å². The Bertz CT molecular complexity index is 384. The largest absolute Gasteiger partial charge is 0.480 e. The van der Waals surface area contributed by atoms with Gasteiger partial charge in [-0.3, -0.25) is 4.79 Å². The van der Waals surface area contributed by atoms with Gasteiger partial charge in [-0.2, -0.15) is 0 Å². The number of hydrogen-bond donors (Lipinski definition) is 2. The van der Waals surface area contributed by atoms with Crippen molar-refractivity contribution in [2.24, 2.45) is 5.92 Å². The van der Waals surface area contributed by atoms with E-state index < -0.39 is 17.7 Å². The van der Waals surface area contributed by atoms with Crippen LogP contribution in [0, 0.1) is 5.92 Å². The van der Waals surface area contributed by atoms with Gasteiger partial charge in [0.25, 0.3) is 0 Å². The monoisotopic (exact) mass is 302 g/mol. The minimum Gasteiger partial charge on any atom is -0.480 e. The van der Waals surface area contributed by atoms with Crippen molar-refractivity contribution in [3.8, 4) is 0 Å². The summed E-state index contributed by atoms with van der Waals surface area (Å²) >= 11 is 0. The van der Waals surface area contributed by atoms with E-state index in [9.17, 15) is 14.7 Å². The predicted molar refractivity (Wildman–Crippen MR) is 77.1 cm³/mol. The molecule has 0 aliphatic carbocycles. The number of aliphatic hydroxyl groups excluding tert-OH is 1. The van der Waals surface area contributed by atoms with E-state index in [1.807, 2.05) is 27.7 Å². The lowest BCUT2D eigenvalue weighted by Gasteiger charge is -2.43. The summed E-state index contributed by atoms with van der Waals surface area (Å²) in [4.78, 5) is 26.4. The fraction of sp³-hybridized carbons (Fsp3) is 0.857. The lowest BCUT2D eigenvalue weighted by atomic mass is 10.1. The summed E-state index contributed by atoms with van der Waals surface area (Å²) in [5.41, 5.74) is -0.561. The maximum atomic E-state index is 12.6.